The van der Waals surface area contributed by atoms with E-state index >= 15 is 0 Å². The first-order valence-electron chi connectivity index (χ1n) is 7.22. The number of carbonyl (C=O) groups excluding carboxylic acids is 1. The van der Waals surface area contributed by atoms with Crippen molar-refractivity contribution >= 4 is 41.3 Å². The fourth-order valence-electron chi connectivity index (χ4n) is 2.09. The molecule has 6 nitrogen and oxygen atoms in total. The Balaban J connectivity index is 1.77. The molecule has 0 saturated carbocycles. The number of nitro groups is 1. The lowest BCUT2D eigenvalue weighted by Crippen LogP contribution is -2.01. The van der Waals surface area contributed by atoms with E-state index in [2.05, 4.69) is 4.99 Å². The molecule has 3 rings (SSSR count). The number of halogens is 1. The van der Waals surface area contributed by atoms with Crippen LogP contribution in [0.15, 0.2) is 65.3 Å². The van der Waals surface area contributed by atoms with E-state index in [9.17, 15) is 14.9 Å². The number of carbonyl (C=O) groups is 1. The van der Waals surface area contributed by atoms with Crippen LogP contribution in [0.25, 0.3) is 12.2 Å². The van der Waals surface area contributed by atoms with Crippen molar-refractivity contribution in [3.05, 3.63) is 86.6 Å². The maximum absolute atomic E-state index is 11.9. The van der Waals surface area contributed by atoms with Gasteiger partial charge in [-0.25, -0.2) is 9.79 Å². The average molecular weight is 355 g/mol. The van der Waals surface area contributed by atoms with E-state index in [-0.39, 0.29) is 17.3 Å². The van der Waals surface area contributed by atoms with Crippen molar-refractivity contribution in [2.75, 3.05) is 0 Å². The van der Waals surface area contributed by atoms with Crippen LogP contribution in [-0.4, -0.2) is 16.8 Å². The van der Waals surface area contributed by atoms with E-state index in [1.807, 2.05) is 12.1 Å². The fourth-order valence-corrected chi connectivity index (χ4v) is 2.21. The molecule has 0 amide bonds. The van der Waals surface area contributed by atoms with Crippen LogP contribution in [0, 0.1) is 10.1 Å². The molecule has 0 radical (unpaired) electrons. The number of nitrogens with zero attached hydrogens (tertiary/aromatic N) is 2. The van der Waals surface area contributed by atoms with E-state index in [4.69, 9.17) is 16.3 Å². The molecule has 1 aliphatic heterocycles. The number of aliphatic imine (C=N–C) groups is 1. The number of esters is 1. The zero-order valence-electron chi connectivity index (χ0n) is 12.8. The summed E-state index contributed by atoms with van der Waals surface area (Å²) in [5.41, 5.74) is 1.61. The lowest BCUT2D eigenvalue weighted by atomic mass is 10.2. The Morgan fingerprint density at radius 1 is 1.00 bits per heavy atom. The predicted octanol–water partition coefficient (Wildman–Crippen LogP) is 4.26. The minimum absolute atomic E-state index is 0.0220. The molecule has 7 heteroatoms. The molecule has 0 bridgehead atoms. The molecule has 0 N–H and O–H groups in total. The summed E-state index contributed by atoms with van der Waals surface area (Å²) in [6.45, 7) is 0. The van der Waals surface area contributed by atoms with Crippen LogP contribution >= 0.6 is 11.6 Å². The molecule has 0 aliphatic carbocycles. The van der Waals surface area contributed by atoms with Crippen LogP contribution in [0.5, 0.6) is 0 Å². The van der Waals surface area contributed by atoms with Crippen LogP contribution < -0.4 is 0 Å². The van der Waals surface area contributed by atoms with Gasteiger partial charge in [0.05, 0.1) is 4.92 Å². The molecule has 0 saturated heterocycles. The molecule has 1 heterocycles. The molecule has 25 heavy (non-hydrogen) atoms. The molecule has 1 aliphatic rings. The predicted molar refractivity (Wildman–Crippen MR) is 95.1 cm³/mol. The maximum Gasteiger partial charge on any atom is 0.363 e. The van der Waals surface area contributed by atoms with Gasteiger partial charge in [-0.05, 0) is 47.5 Å². The van der Waals surface area contributed by atoms with Gasteiger partial charge in [-0.3, -0.25) is 10.1 Å². The van der Waals surface area contributed by atoms with Crippen LogP contribution in [-0.2, 0) is 9.53 Å². The number of nitro benzene ring substituents is 1. The summed E-state index contributed by atoms with van der Waals surface area (Å²) < 4.78 is 5.08. The van der Waals surface area contributed by atoms with Gasteiger partial charge in [0, 0.05) is 23.2 Å². The monoisotopic (exact) mass is 354 g/mol. The van der Waals surface area contributed by atoms with Crippen molar-refractivity contribution < 1.29 is 14.5 Å². The summed E-state index contributed by atoms with van der Waals surface area (Å²) in [6.07, 6.45) is 4.84. The first kappa shape index (κ1) is 16.6. The average Bonchev–Trinajstić information content (AvgIpc) is 2.94. The van der Waals surface area contributed by atoms with Crippen LogP contribution in [0.1, 0.15) is 11.1 Å². The Bertz CT molecular complexity index is 913. The van der Waals surface area contributed by atoms with Crippen LogP contribution in [0.2, 0.25) is 5.02 Å². The lowest BCUT2D eigenvalue weighted by molar-refractivity contribution is -0.384. The maximum atomic E-state index is 11.9. The molecule has 0 fully saturated rings. The van der Waals surface area contributed by atoms with Crippen LogP contribution in [0.4, 0.5) is 5.69 Å². The van der Waals surface area contributed by atoms with Gasteiger partial charge in [-0.15, -0.1) is 0 Å². The Labute approximate surface area is 147 Å². The second-order valence-electron chi connectivity index (χ2n) is 5.10. The van der Waals surface area contributed by atoms with Gasteiger partial charge in [-0.2, -0.15) is 0 Å². The zero-order valence-corrected chi connectivity index (χ0v) is 13.5. The minimum Gasteiger partial charge on any atom is -0.403 e. The second kappa shape index (κ2) is 7.11. The summed E-state index contributed by atoms with van der Waals surface area (Å²) in [5, 5.41) is 11.3. The molecular weight excluding hydrogens is 344 g/mol. The number of cyclic esters (lactones) is 1. The number of rotatable bonds is 4. The highest BCUT2D eigenvalue weighted by molar-refractivity contribution is 6.30. The van der Waals surface area contributed by atoms with E-state index in [1.165, 1.54) is 30.3 Å². The van der Waals surface area contributed by atoms with E-state index < -0.39 is 10.9 Å². The normalized spacial score (nSPS) is 15.5. The molecule has 2 aromatic carbocycles. The number of benzene rings is 2. The first-order chi connectivity index (χ1) is 12.0. The van der Waals surface area contributed by atoms with Crippen molar-refractivity contribution in [1.82, 2.24) is 0 Å². The molecule has 0 atom stereocenters. The smallest absolute Gasteiger partial charge is 0.363 e. The molecule has 0 spiro atoms. The quantitative estimate of drug-likeness (QED) is 0.355. The van der Waals surface area contributed by atoms with Crippen molar-refractivity contribution in [1.29, 1.82) is 0 Å². The topological polar surface area (TPSA) is 81.8 Å². The van der Waals surface area contributed by atoms with Crippen molar-refractivity contribution in [2.24, 2.45) is 4.99 Å². The lowest BCUT2D eigenvalue weighted by Gasteiger charge is -1.94. The first-order valence-corrected chi connectivity index (χ1v) is 7.60. The van der Waals surface area contributed by atoms with E-state index in [0.717, 1.165) is 5.56 Å². The van der Waals surface area contributed by atoms with Gasteiger partial charge in [0.15, 0.2) is 5.70 Å². The third kappa shape index (κ3) is 4.19. The highest BCUT2D eigenvalue weighted by Gasteiger charge is 2.21. The van der Waals surface area contributed by atoms with Gasteiger partial charge in [-0.1, -0.05) is 23.7 Å². The van der Waals surface area contributed by atoms with E-state index in [1.54, 1.807) is 24.3 Å². The summed E-state index contributed by atoms with van der Waals surface area (Å²) in [4.78, 5) is 26.1. The van der Waals surface area contributed by atoms with E-state index in [0.29, 0.717) is 10.6 Å². The summed E-state index contributed by atoms with van der Waals surface area (Å²) in [6, 6.07) is 12.9. The molecule has 0 unspecified atom stereocenters. The van der Waals surface area contributed by atoms with Gasteiger partial charge >= 0.3 is 5.97 Å². The summed E-state index contributed by atoms with van der Waals surface area (Å²) >= 11 is 5.82. The Morgan fingerprint density at radius 2 is 1.64 bits per heavy atom. The zero-order chi connectivity index (χ0) is 17.8. The molecular formula is C18H11ClN2O4. The molecule has 2 aromatic rings. The van der Waals surface area contributed by atoms with Gasteiger partial charge < -0.3 is 4.74 Å². The highest BCUT2D eigenvalue weighted by atomic mass is 35.5. The Kier molecular flexibility index (Phi) is 4.72. The largest absolute Gasteiger partial charge is 0.403 e. The molecule has 124 valence electrons. The summed E-state index contributed by atoms with van der Waals surface area (Å²) in [7, 11) is 0. The highest BCUT2D eigenvalue weighted by Crippen LogP contribution is 2.19. The summed E-state index contributed by atoms with van der Waals surface area (Å²) in [5.74, 6) is -0.401. The third-order valence-corrected chi connectivity index (χ3v) is 3.58. The second-order valence-corrected chi connectivity index (χ2v) is 5.54. The number of hydrogen-bond acceptors (Lipinski definition) is 5. The fraction of sp³-hybridized carbons (Fsp3) is 0. The number of hydrogen-bond donors (Lipinski definition) is 0. The van der Waals surface area contributed by atoms with Crippen molar-refractivity contribution in [3.63, 3.8) is 0 Å². The SMILES string of the molecule is O=C1OC(/C=C/c2ccc(Cl)cc2)=NC/1=C\c1ccc([N+](=O)[O-])cc1. The van der Waals surface area contributed by atoms with Crippen molar-refractivity contribution in [3.8, 4) is 0 Å². The molecule has 0 aromatic heterocycles. The van der Waals surface area contributed by atoms with Crippen LogP contribution in [0.3, 0.4) is 0 Å². The number of ether oxygens (including phenoxy) is 1. The van der Waals surface area contributed by atoms with Gasteiger partial charge in [0.2, 0.25) is 5.90 Å². The van der Waals surface area contributed by atoms with Gasteiger partial charge in [0.25, 0.3) is 5.69 Å². The standard InChI is InChI=1S/C18H11ClN2O4/c19-14-6-1-12(2-7-14)5-10-17-20-16(18(22)25-17)11-13-3-8-15(9-4-13)21(23)24/h1-11H/b10-5+,16-11-. The third-order valence-electron chi connectivity index (χ3n) is 3.33. The van der Waals surface area contributed by atoms with Gasteiger partial charge in [0.1, 0.15) is 0 Å². The van der Waals surface area contributed by atoms with Crippen molar-refractivity contribution in [2.45, 2.75) is 0 Å². The number of non-ortho nitro benzene ring substituents is 1. The Morgan fingerprint density at radius 3 is 2.28 bits per heavy atom. The Hall–Kier alpha value is -3.25. The minimum atomic E-state index is -0.575.